The summed E-state index contributed by atoms with van der Waals surface area (Å²) in [6, 6.07) is 53.5. The molecule has 0 saturated heterocycles. The molecule has 8 aromatic rings. The molecule has 0 aromatic heterocycles. The molecule has 0 saturated carbocycles. The number of carbonyl (C=O) groups is 7. The quantitative estimate of drug-likeness (QED) is 0.00822. The fourth-order valence-electron chi connectivity index (χ4n) is 11.5. The average molecular weight is 1540 g/mol. The van der Waals surface area contributed by atoms with Crippen molar-refractivity contribution in [3.8, 4) is 22.3 Å². The minimum absolute atomic E-state index is 0.0197. The monoisotopic (exact) mass is 1540 g/mol. The number of nitrogens with one attached hydrogen (secondary N) is 5. The van der Waals surface area contributed by atoms with Crippen LogP contribution in [0.15, 0.2) is 192 Å². The van der Waals surface area contributed by atoms with E-state index in [1.54, 1.807) is 132 Å². The third-order valence-corrected chi connectivity index (χ3v) is 16.1. The van der Waals surface area contributed by atoms with E-state index in [4.69, 9.17) is 42.6 Å². The average Bonchev–Trinajstić information content (AvgIpc) is 0.844. The fourth-order valence-corrected chi connectivity index (χ4v) is 11.5. The highest BCUT2D eigenvalue weighted by molar-refractivity contribution is 6.02. The van der Waals surface area contributed by atoms with Gasteiger partial charge in [0.2, 0.25) is 0 Å². The molecule has 0 unspecified atom stereocenters. The topological polar surface area (TPSA) is 360 Å². The molecule has 8 rings (SSSR count). The minimum Gasteiger partial charge on any atom is -0.457 e. The molecule has 0 fully saturated rings. The molecule has 0 aliphatic carbocycles. The summed E-state index contributed by atoms with van der Waals surface area (Å²) in [7, 11) is 0. The number of benzene rings is 8. The summed E-state index contributed by atoms with van der Waals surface area (Å²) in [5.41, 5.74) is 23.0. The molecule has 113 heavy (non-hydrogen) atoms. The molecule has 0 bridgehead atoms. The number of azide groups is 2. The number of ether oxygens (including phenoxy) is 9. The van der Waals surface area contributed by atoms with E-state index in [9.17, 15) is 39.8 Å². The standard InChI is InChI=1S/C86H99N11O16/c1-82(2,3)110-78(101)89-43-60-28-61(44-90-79(102)111-83(4,5)6)33-68(32-60)70-36-64(47-93-96-87)30-66(38-70)52-108-76(99)73-40-72(75(98)95-86(54-105-49-57-22-16-13-17-23-57,55-106-50-58-24-18-14-19-25-58)56-107-51-59-26-20-15-21-27-59)41-74(42-73)77(100)109-53-67-31-65(48-94-97-88)37-71(39-67)69-34-62(45-91-80(103)112-84(7,8)9)29-63(35-69)46-92-81(104)113-85(10,11)12/h13-42H,43-56H2,1-12H3,(H,89,101)(H,90,102)(H,91,103)(H,92,104)(H,95,98). The number of hydrogen-bond acceptors (Lipinski definition) is 18. The molecule has 27 nitrogen and oxygen atoms in total. The van der Waals surface area contributed by atoms with Gasteiger partial charge < -0.3 is 69.2 Å². The van der Waals surface area contributed by atoms with E-state index in [-0.39, 0.29) is 95.6 Å². The first kappa shape index (κ1) is 86.3. The normalized spacial score (nSPS) is 11.5. The molecule has 8 aromatic carbocycles. The van der Waals surface area contributed by atoms with Gasteiger partial charge in [0.05, 0.1) is 63.9 Å². The second-order valence-corrected chi connectivity index (χ2v) is 31.0. The summed E-state index contributed by atoms with van der Waals surface area (Å²) < 4.78 is 53.6. The van der Waals surface area contributed by atoms with Crippen molar-refractivity contribution in [3.05, 3.63) is 281 Å². The number of alkyl carbamates (subject to hydrolysis) is 4. The Labute approximate surface area is 658 Å². The van der Waals surface area contributed by atoms with E-state index in [0.717, 1.165) is 16.7 Å². The molecule has 594 valence electrons. The summed E-state index contributed by atoms with van der Waals surface area (Å²) >= 11 is 0. The van der Waals surface area contributed by atoms with E-state index >= 15 is 4.79 Å². The van der Waals surface area contributed by atoms with Gasteiger partial charge in [-0.25, -0.2) is 28.8 Å². The minimum atomic E-state index is -1.45. The molecule has 0 radical (unpaired) electrons. The van der Waals surface area contributed by atoms with Gasteiger partial charge in [-0.15, -0.1) is 0 Å². The maximum atomic E-state index is 15.5. The molecular formula is C86H99N11O16. The van der Waals surface area contributed by atoms with Crippen molar-refractivity contribution in [2.24, 2.45) is 10.2 Å². The molecule has 0 atom stereocenters. The summed E-state index contributed by atoms with van der Waals surface area (Å²) in [5, 5.41) is 22.0. The first-order valence-corrected chi connectivity index (χ1v) is 36.7. The van der Waals surface area contributed by atoms with E-state index in [1.807, 2.05) is 115 Å². The second-order valence-electron chi connectivity index (χ2n) is 31.0. The Morgan fingerprint density at radius 1 is 0.327 bits per heavy atom. The summed E-state index contributed by atoms with van der Waals surface area (Å²) in [5.74, 6) is -2.73. The van der Waals surface area contributed by atoms with Gasteiger partial charge in [0.15, 0.2) is 0 Å². The fraction of sp³-hybridized carbons (Fsp3) is 0.360. The van der Waals surface area contributed by atoms with Crippen LogP contribution in [0.4, 0.5) is 19.2 Å². The van der Waals surface area contributed by atoms with E-state index in [0.29, 0.717) is 66.8 Å². The molecule has 5 amide bonds. The maximum absolute atomic E-state index is 15.5. The highest BCUT2D eigenvalue weighted by atomic mass is 16.6. The molecule has 27 heteroatoms. The Balaban J connectivity index is 1.18. The van der Waals surface area contributed by atoms with Crippen LogP contribution < -0.4 is 26.6 Å². The number of nitrogens with zero attached hydrogens (tertiary/aromatic N) is 6. The van der Waals surface area contributed by atoms with Gasteiger partial charge in [-0.1, -0.05) is 138 Å². The van der Waals surface area contributed by atoms with Gasteiger partial charge in [-0.3, -0.25) is 4.79 Å². The first-order chi connectivity index (χ1) is 53.6. The van der Waals surface area contributed by atoms with Crippen LogP contribution in [-0.4, -0.2) is 90.0 Å². The van der Waals surface area contributed by atoms with Gasteiger partial charge in [-0.05, 0) is 232 Å². The van der Waals surface area contributed by atoms with Gasteiger partial charge in [0.25, 0.3) is 5.91 Å². The van der Waals surface area contributed by atoms with Crippen molar-refractivity contribution >= 4 is 42.2 Å². The van der Waals surface area contributed by atoms with Gasteiger partial charge >= 0.3 is 36.3 Å². The van der Waals surface area contributed by atoms with E-state index in [2.05, 4.69) is 46.6 Å². The highest BCUT2D eigenvalue weighted by Gasteiger charge is 2.36. The number of rotatable bonds is 34. The van der Waals surface area contributed by atoms with Crippen LogP contribution in [-0.2, 0) is 115 Å². The molecule has 0 aliphatic heterocycles. The summed E-state index contributed by atoms with van der Waals surface area (Å²) in [6.45, 7) is 19.9. The van der Waals surface area contributed by atoms with Crippen LogP contribution in [0.2, 0.25) is 0 Å². The highest BCUT2D eigenvalue weighted by Crippen LogP contribution is 2.31. The Bertz CT molecular complexity index is 4290. The Kier molecular flexibility index (Phi) is 31.0. The Morgan fingerprint density at radius 2 is 0.593 bits per heavy atom. The lowest BCUT2D eigenvalue weighted by molar-refractivity contribution is -0.0474. The molecule has 5 N–H and O–H groups in total. The van der Waals surface area contributed by atoms with Gasteiger partial charge in [-0.2, -0.15) is 0 Å². The predicted octanol–water partition coefficient (Wildman–Crippen LogP) is 17.6. The Hall–Kier alpha value is -12.3. The van der Waals surface area contributed by atoms with Crippen LogP contribution in [0.1, 0.15) is 175 Å². The van der Waals surface area contributed by atoms with Crippen LogP contribution in [0, 0.1) is 0 Å². The number of amides is 5. The van der Waals surface area contributed by atoms with Crippen LogP contribution >= 0.6 is 0 Å². The van der Waals surface area contributed by atoms with Gasteiger partial charge in [0.1, 0.15) is 41.2 Å². The van der Waals surface area contributed by atoms with Crippen molar-refractivity contribution in [3.63, 3.8) is 0 Å². The van der Waals surface area contributed by atoms with Crippen LogP contribution in [0.3, 0.4) is 0 Å². The third-order valence-electron chi connectivity index (χ3n) is 16.1. The third kappa shape index (κ3) is 30.9. The maximum Gasteiger partial charge on any atom is 0.407 e. The SMILES string of the molecule is CC(C)(C)OC(=O)NCc1cc(CNC(=O)OC(C)(C)C)cc(-c2cc(CN=[N+]=[N-])cc(COC(=O)c3cc(C(=O)NC(COCc4ccccc4)(COCc4ccccc4)COCc4ccccc4)cc(C(=O)OCc4cc(CN=[N+]=[N-])cc(-c5cc(CNC(=O)OC(C)(C)C)cc(CNC(=O)OC(C)(C)C)c5)c4)c3)c2)c1. The van der Waals surface area contributed by atoms with Crippen molar-refractivity contribution in [2.75, 3.05) is 19.8 Å². The zero-order valence-electron chi connectivity index (χ0n) is 65.9. The molecule has 0 aliphatic rings. The number of hydrogen-bond donors (Lipinski definition) is 5. The Morgan fingerprint density at radius 3 is 0.876 bits per heavy atom. The van der Waals surface area contributed by atoms with Crippen molar-refractivity contribution in [2.45, 2.75) is 183 Å². The van der Waals surface area contributed by atoms with Gasteiger partial charge in [0, 0.05) is 41.6 Å². The lowest BCUT2D eigenvalue weighted by Gasteiger charge is -2.34. The van der Waals surface area contributed by atoms with E-state index < -0.39 is 83.4 Å². The smallest absolute Gasteiger partial charge is 0.407 e. The first-order valence-electron chi connectivity index (χ1n) is 36.7. The van der Waals surface area contributed by atoms with Crippen LogP contribution in [0.25, 0.3) is 43.1 Å². The second kappa shape index (κ2) is 40.6. The summed E-state index contributed by atoms with van der Waals surface area (Å²) in [6.07, 6.45) is -2.63. The largest absolute Gasteiger partial charge is 0.457 e. The predicted molar refractivity (Wildman–Crippen MR) is 425 cm³/mol. The van der Waals surface area contributed by atoms with Crippen molar-refractivity contribution < 1.29 is 76.2 Å². The molecular weight excluding hydrogens is 1440 g/mol. The zero-order chi connectivity index (χ0) is 81.8. The molecule has 0 heterocycles. The van der Waals surface area contributed by atoms with Crippen molar-refractivity contribution in [1.29, 1.82) is 0 Å². The lowest BCUT2D eigenvalue weighted by atomic mass is 9.96. The lowest BCUT2D eigenvalue weighted by Crippen LogP contribution is -2.58. The zero-order valence-corrected chi connectivity index (χ0v) is 65.9. The van der Waals surface area contributed by atoms with Crippen LogP contribution in [0.5, 0.6) is 0 Å². The number of esters is 2. The summed E-state index contributed by atoms with van der Waals surface area (Å²) in [4.78, 5) is 103. The van der Waals surface area contributed by atoms with Crippen molar-refractivity contribution in [1.82, 2.24) is 26.6 Å². The van der Waals surface area contributed by atoms with E-state index in [1.165, 1.54) is 18.2 Å². The molecule has 0 spiro atoms. The number of carbonyl (C=O) groups excluding carboxylic acids is 7.